The number of para-hydroxylation sites is 1. The molecule has 3 aromatic rings. The van der Waals surface area contributed by atoms with Gasteiger partial charge in [-0.05, 0) is 38.8 Å². The van der Waals surface area contributed by atoms with Gasteiger partial charge in [0.05, 0.1) is 13.0 Å². The standard InChI is InChI=1S/C22H28N6O3/c1-4-26(5-2)20(29)14-8-7-11-27(12-14)21(30)16-13-28-19(24-16)15-9-6-10-17(31-3)18(15)25-22(28)23/h6,9-10,13-14H,4-5,7-8,11-12H2,1-3H3,(H2,23,25). The summed E-state index contributed by atoms with van der Waals surface area (Å²) in [5.74, 6) is 0.565. The molecule has 1 fully saturated rings. The number of nitrogen functional groups attached to an aromatic ring is 1. The summed E-state index contributed by atoms with van der Waals surface area (Å²) in [4.78, 5) is 38.6. The van der Waals surface area contributed by atoms with Crippen molar-refractivity contribution >= 4 is 34.3 Å². The Morgan fingerprint density at radius 2 is 2.03 bits per heavy atom. The molecule has 1 aliphatic rings. The highest BCUT2D eigenvalue weighted by molar-refractivity contribution is 5.99. The number of hydrogen-bond donors (Lipinski definition) is 1. The molecule has 0 bridgehead atoms. The van der Waals surface area contributed by atoms with Gasteiger partial charge in [-0.25, -0.2) is 9.97 Å². The Bertz CT molecular complexity index is 1140. The van der Waals surface area contributed by atoms with Crippen molar-refractivity contribution in [2.45, 2.75) is 26.7 Å². The summed E-state index contributed by atoms with van der Waals surface area (Å²) in [7, 11) is 1.57. The number of ether oxygens (including phenoxy) is 1. The molecule has 2 aromatic heterocycles. The summed E-state index contributed by atoms with van der Waals surface area (Å²) in [5, 5.41) is 0.751. The highest BCUT2D eigenvalue weighted by atomic mass is 16.5. The summed E-state index contributed by atoms with van der Waals surface area (Å²) < 4.78 is 7.01. The minimum atomic E-state index is -0.198. The molecule has 1 atom stereocenters. The van der Waals surface area contributed by atoms with Gasteiger partial charge in [-0.2, -0.15) is 0 Å². The molecule has 9 heteroatoms. The number of imidazole rings is 1. The van der Waals surface area contributed by atoms with Gasteiger partial charge in [0.25, 0.3) is 5.91 Å². The first-order chi connectivity index (χ1) is 15.0. The second-order valence-electron chi connectivity index (χ2n) is 7.75. The molecule has 2 N–H and O–H groups in total. The van der Waals surface area contributed by atoms with Crippen LogP contribution in [0.4, 0.5) is 5.95 Å². The number of hydrogen-bond acceptors (Lipinski definition) is 6. The van der Waals surface area contributed by atoms with Crippen LogP contribution in [0.1, 0.15) is 37.2 Å². The quantitative estimate of drug-likeness (QED) is 0.673. The predicted molar refractivity (Wildman–Crippen MR) is 118 cm³/mol. The number of anilines is 1. The molecule has 1 saturated heterocycles. The van der Waals surface area contributed by atoms with E-state index in [2.05, 4.69) is 9.97 Å². The third-order valence-corrected chi connectivity index (χ3v) is 5.99. The number of nitrogens with two attached hydrogens (primary N) is 1. The van der Waals surface area contributed by atoms with E-state index in [-0.39, 0.29) is 23.7 Å². The van der Waals surface area contributed by atoms with E-state index < -0.39 is 0 Å². The van der Waals surface area contributed by atoms with Crippen molar-refractivity contribution in [3.63, 3.8) is 0 Å². The van der Waals surface area contributed by atoms with Crippen LogP contribution in [0.15, 0.2) is 24.4 Å². The number of carbonyl (C=O) groups is 2. The van der Waals surface area contributed by atoms with Crippen LogP contribution >= 0.6 is 0 Å². The van der Waals surface area contributed by atoms with Crippen molar-refractivity contribution in [2.24, 2.45) is 5.92 Å². The number of aromatic nitrogens is 3. The number of benzene rings is 1. The van der Waals surface area contributed by atoms with E-state index in [4.69, 9.17) is 10.5 Å². The predicted octanol–water partition coefficient (Wildman–Crippen LogP) is 2.19. The van der Waals surface area contributed by atoms with E-state index in [1.807, 2.05) is 30.9 Å². The maximum absolute atomic E-state index is 13.3. The average molecular weight is 425 g/mol. The molecular weight excluding hydrogens is 396 g/mol. The number of likely N-dealkylation sites (tertiary alicyclic amines) is 1. The van der Waals surface area contributed by atoms with Crippen LogP contribution in [0.3, 0.4) is 0 Å². The van der Waals surface area contributed by atoms with E-state index >= 15 is 0 Å². The van der Waals surface area contributed by atoms with Crippen LogP contribution in [0.5, 0.6) is 5.75 Å². The third kappa shape index (κ3) is 3.64. The average Bonchev–Trinajstić information content (AvgIpc) is 3.25. The van der Waals surface area contributed by atoms with Crippen molar-refractivity contribution in [3.05, 3.63) is 30.1 Å². The van der Waals surface area contributed by atoms with Gasteiger partial charge in [0.15, 0.2) is 0 Å². The maximum Gasteiger partial charge on any atom is 0.274 e. The molecule has 2 amide bonds. The summed E-state index contributed by atoms with van der Waals surface area (Å²) in [6, 6.07) is 5.53. The van der Waals surface area contributed by atoms with Crippen LogP contribution in [-0.4, -0.2) is 69.3 Å². The Kier molecular flexibility index (Phi) is 5.67. The Labute approximate surface area is 180 Å². The number of nitrogens with zero attached hydrogens (tertiary/aromatic N) is 5. The van der Waals surface area contributed by atoms with Gasteiger partial charge >= 0.3 is 0 Å². The van der Waals surface area contributed by atoms with Gasteiger partial charge in [0, 0.05) is 37.8 Å². The van der Waals surface area contributed by atoms with Gasteiger partial charge < -0.3 is 20.3 Å². The van der Waals surface area contributed by atoms with E-state index in [0.29, 0.717) is 48.8 Å². The fraction of sp³-hybridized carbons (Fsp3) is 0.455. The van der Waals surface area contributed by atoms with Crippen molar-refractivity contribution in [1.82, 2.24) is 24.2 Å². The fourth-order valence-corrected chi connectivity index (χ4v) is 4.32. The zero-order valence-corrected chi connectivity index (χ0v) is 18.2. The lowest BCUT2D eigenvalue weighted by molar-refractivity contribution is -0.136. The first-order valence-electron chi connectivity index (χ1n) is 10.7. The Balaban J connectivity index is 1.66. The zero-order valence-electron chi connectivity index (χ0n) is 18.2. The lowest BCUT2D eigenvalue weighted by Crippen LogP contribution is -2.46. The minimum Gasteiger partial charge on any atom is -0.494 e. The molecule has 4 rings (SSSR count). The topological polar surface area (TPSA) is 106 Å². The molecule has 0 spiro atoms. The van der Waals surface area contributed by atoms with E-state index in [1.54, 1.807) is 28.7 Å². The molecule has 3 heterocycles. The molecule has 31 heavy (non-hydrogen) atoms. The smallest absolute Gasteiger partial charge is 0.274 e. The summed E-state index contributed by atoms with van der Waals surface area (Å²) in [6.07, 6.45) is 3.21. The van der Waals surface area contributed by atoms with Crippen LogP contribution in [-0.2, 0) is 4.79 Å². The Morgan fingerprint density at radius 1 is 1.26 bits per heavy atom. The van der Waals surface area contributed by atoms with Crippen LogP contribution < -0.4 is 10.5 Å². The fourth-order valence-electron chi connectivity index (χ4n) is 4.32. The van der Waals surface area contributed by atoms with Crippen molar-refractivity contribution in [2.75, 3.05) is 39.0 Å². The lowest BCUT2D eigenvalue weighted by atomic mass is 9.96. The van der Waals surface area contributed by atoms with Crippen LogP contribution in [0.25, 0.3) is 16.6 Å². The number of methoxy groups -OCH3 is 1. The van der Waals surface area contributed by atoms with Crippen molar-refractivity contribution in [1.29, 1.82) is 0 Å². The van der Waals surface area contributed by atoms with Gasteiger partial charge in [-0.1, -0.05) is 6.07 Å². The minimum absolute atomic E-state index is 0.115. The molecule has 0 aliphatic carbocycles. The molecule has 9 nitrogen and oxygen atoms in total. The molecule has 1 aromatic carbocycles. The Morgan fingerprint density at radius 3 is 2.74 bits per heavy atom. The van der Waals surface area contributed by atoms with Crippen LogP contribution in [0.2, 0.25) is 0 Å². The Hall–Kier alpha value is -3.36. The molecular formula is C22H28N6O3. The van der Waals surface area contributed by atoms with Crippen molar-refractivity contribution in [3.8, 4) is 5.75 Å². The number of fused-ring (bicyclic) bond motifs is 3. The lowest BCUT2D eigenvalue weighted by Gasteiger charge is -2.34. The molecule has 164 valence electrons. The number of piperidine rings is 1. The summed E-state index contributed by atoms with van der Waals surface area (Å²) >= 11 is 0. The monoisotopic (exact) mass is 424 g/mol. The number of carbonyl (C=O) groups excluding carboxylic acids is 2. The summed E-state index contributed by atoms with van der Waals surface area (Å²) in [6.45, 7) is 6.31. The second-order valence-corrected chi connectivity index (χ2v) is 7.75. The number of amides is 2. The molecule has 0 saturated carbocycles. The molecule has 1 unspecified atom stereocenters. The van der Waals surface area contributed by atoms with Crippen molar-refractivity contribution < 1.29 is 14.3 Å². The largest absolute Gasteiger partial charge is 0.494 e. The van der Waals surface area contributed by atoms with Gasteiger partial charge in [0.1, 0.15) is 22.6 Å². The SMILES string of the molecule is CCN(CC)C(=O)C1CCCN(C(=O)c2cn3c(N)nc4c(OC)cccc4c3n2)C1. The van der Waals surface area contributed by atoms with E-state index in [1.165, 1.54) is 0 Å². The highest BCUT2D eigenvalue weighted by Gasteiger charge is 2.32. The van der Waals surface area contributed by atoms with Gasteiger partial charge in [-0.3, -0.25) is 14.0 Å². The molecule has 0 radical (unpaired) electrons. The van der Waals surface area contributed by atoms with Gasteiger partial charge in [-0.15, -0.1) is 0 Å². The second kappa shape index (κ2) is 8.41. The number of rotatable bonds is 5. The highest BCUT2D eigenvalue weighted by Crippen LogP contribution is 2.28. The van der Waals surface area contributed by atoms with E-state index in [0.717, 1.165) is 18.2 Å². The first-order valence-corrected chi connectivity index (χ1v) is 10.7. The third-order valence-electron chi connectivity index (χ3n) is 5.99. The van der Waals surface area contributed by atoms with Gasteiger partial charge in [0.2, 0.25) is 11.9 Å². The first kappa shape index (κ1) is 20.9. The molecule has 1 aliphatic heterocycles. The zero-order chi connectivity index (χ0) is 22.1. The van der Waals surface area contributed by atoms with E-state index in [9.17, 15) is 9.59 Å². The summed E-state index contributed by atoms with van der Waals surface area (Å²) in [5.41, 5.74) is 7.59. The van der Waals surface area contributed by atoms with Crippen LogP contribution in [0, 0.1) is 5.92 Å². The normalized spacial score (nSPS) is 16.6. The maximum atomic E-state index is 13.3.